The monoisotopic (exact) mass is 423 g/mol. The zero-order chi connectivity index (χ0) is 21.4. The summed E-state index contributed by atoms with van der Waals surface area (Å²) in [6, 6.07) is 7.66. The highest BCUT2D eigenvalue weighted by Crippen LogP contribution is 2.40. The predicted octanol–water partition coefficient (Wildman–Crippen LogP) is 2.74. The summed E-state index contributed by atoms with van der Waals surface area (Å²) < 4.78 is 8.57. The molecular weight excluding hydrogens is 394 g/mol. The van der Waals surface area contributed by atoms with Crippen LogP contribution in [-0.4, -0.2) is 63.6 Å². The fourth-order valence-corrected chi connectivity index (χ4v) is 4.99. The van der Waals surface area contributed by atoms with E-state index in [9.17, 15) is 9.59 Å². The van der Waals surface area contributed by atoms with Crippen LogP contribution in [0.5, 0.6) is 0 Å². The Hall–Kier alpha value is -2.87. The molecule has 0 aliphatic carbocycles. The number of anilines is 1. The number of nitrogens with zero attached hydrogens (tertiary/aromatic N) is 4. The van der Waals surface area contributed by atoms with Crippen molar-refractivity contribution in [2.45, 2.75) is 50.9 Å². The summed E-state index contributed by atoms with van der Waals surface area (Å²) in [7, 11) is 0. The lowest BCUT2D eigenvalue weighted by Crippen LogP contribution is -2.55. The lowest BCUT2D eigenvalue weighted by Gasteiger charge is -2.45. The lowest BCUT2D eigenvalue weighted by molar-refractivity contribution is -0.178. The number of nitrogens with one attached hydrogen (secondary N) is 1. The molecule has 1 N–H and O–H groups in total. The molecule has 1 aromatic carbocycles. The SMILES string of the molecule is Cc1ccccc1NC(=O)N1CCC2(CC1)OC(C(=O)N1CCCC1)Cn1ccnc12. The van der Waals surface area contributed by atoms with E-state index in [0.29, 0.717) is 32.5 Å². The Morgan fingerprint density at radius 3 is 2.58 bits per heavy atom. The number of rotatable bonds is 2. The Labute approximate surface area is 182 Å². The number of imidazole rings is 1. The average molecular weight is 424 g/mol. The van der Waals surface area contributed by atoms with Gasteiger partial charge in [0.05, 0.1) is 6.54 Å². The van der Waals surface area contributed by atoms with Crippen LogP contribution < -0.4 is 5.32 Å². The maximum Gasteiger partial charge on any atom is 0.321 e. The number of aromatic nitrogens is 2. The first-order chi connectivity index (χ1) is 15.1. The van der Waals surface area contributed by atoms with Gasteiger partial charge in [0.1, 0.15) is 11.4 Å². The number of benzene rings is 1. The predicted molar refractivity (Wildman–Crippen MR) is 116 cm³/mol. The van der Waals surface area contributed by atoms with Crippen molar-refractivity contribution in [1.82, 2.24) is 19.4 Å². The molecule has 3 aliphatic rings. The minimum absolute atomic E-state index is 0.0796. The summed E-state index contributed by atoms with van der Waals surface area (Å²) in [5.41, 5.74) is 1.24. The summed E-state index contributed by atoms with van der Waals surface area (Å²) >= 11 is 0. The van der Waals surface area contributed by atoms with E-state index in [4.69, 9.17) is 4.74 Å². The van der Waals surface area contributed by atoms with E-state index in [2.05, 4.69) is 14.9 Å². The molecule has 2 aromatic rings. The molecule has 8 heteroatoms. The number of piperidine rings is 1. The van der Waals surface area contributed by atoms with Crippen LogP contribution in [-0.2, 0) is 21.7 Å². The van der Waals surface area contributed by atoms with E-state index >= 15 is 0 Å². The molecule has 0 radical (unpaired) electrons. The summed E-state index contributed by atoms with van der Waals surface area (Å²) in [6.07, 6.45) is 6.58. The second-order valence-electron chi connectivity index (χ2n) is 8.77. The molecule has 0 bridgehead atoms. The summed E-state index contributed by atoms with van der Waals surface area (Å²) in [6.45, 7) is 5.22. The Kier molecular flexibility index (Phi) is 5.17. The van der Waals surface area contributed by atoms with Gasteiger partial charge < -0.3 is 24.4 Å². The van der Waals surface area contributed by atoms with Gasteiger partial charge in [0.2, 0.25) is 0 Å². The molecule has 2 saturated heterocycles. The number of hydrogen-bond donors (Lipinski definition) is 1. The van der Waals surface area contributed by atoms with Gasteiger partial charge in [-0.1, -0.05) is 18.2 Å². The van der Waals surface area contributed by atoms with Gasteiger partial charge >= 0.3 is 6.03 Å². The smallest absolute Gasteiger partial charge is 0.321 e. The molecular formula is C23H29N5O3. The number of aryl methyl sites for hydroxylation is 1. The standard InChI is InChI=1S/C23H29N5O3/c1-17-6-2-3-7-18(17)25-22(30)27-13-8-23(9-14-27)21-24-10-15-28(21)16-19(31-23)20(29)26-11-4-5-12-26/h2-3,6-7,10,15,19H,4-5,8-9,11-14,16H2,1H3,(H,25,30). The largest absolute Gasteiger partial charge is 0.352 e. The molecule has 0 saturated carbocycles. The Morgan fingerprint density at radius 2 is 1.84 bits per heavy atom. The fourth-order valence-electron chi connectivity index (χ4n) is 4.99. The minimum Gasteiger partial charge on any atom is -0.352 e. The molecule has 1 unspecified atom stereocenters. The second-order valence-corrected chi connectivity index (χ2v) is 8.77. The van der Waals surface area contributed by atoms with Crippen LogP contribution in [0.15, 0.2) is 36.7 Å². The molecule has 8 nitrogen and oxygen atoms in total. The number of fused-ring (bicyclic) bond motifs is 2. The van der Waals surface area contributed by atoms with Gasteiger partial charge in [0.15, 0.2) is 6.10 Å². The molecule has 1 aromatic heterocycles. The van der Waals surface area contributed by atoms with E-state index in [0.717, 1.165) is 43.0 Å². The number of hydrogen-bond acceptors (Lipinski definition) is 4. The molecule has 3 amide bonds. The van der Waals surface area contributed by atoms with Crippen molar-refractivity contribution < 1.29 is 14.3 Å². The van der Waals surface area contributed by atoms with Gasteiger partial charge in [-0.3, -0.25) is 4.79 Å². The van der Waals surface area contributed by atoms with E-state index in [1.807, 2.05) is 47.2 Å². The third kappa shape index (κ3) is 3.69. The van der Waals surface area contributed by atoms with Crippen molar-refractivity contribution in [2.75, 3.05) is 31.5 Å². The third-order valence-corrected chi connectivity index (χ3v) is 6.79. The van der Waals surface area contributed by atoms with Gasteiger partial charge in [-0.25, -0.2) is 9.78 Å². The first-order valence-corrected chi connectivity index (χ1v) is 11.2. The number of ether oxygens (including phenoxy) is 1. The lowest BCUT2D eigenvalue weighted by atomic mass is 9.88. The quantitative estimate of drug-likeness (QED) is 0.806. The van der Waals surface area contributed by atoms with Crippen molar-refractivity contribution in [3.05, 3.63) is 48.0 Å². The van der Waals surface area contributed by atoms with Crippen LogP contribution in [0.4, 0.5) is 10.5 Å². The highest BCUT2D eigenvalue weighted by Gasteiger charge is 2.48. The molecule has 31 heavy (non-hydrogen) atoms. The maximum absolute atomic E-state index is 13.1. The van der Waals surface area contributed by atoms with Crippen LogP contribution in [0, 0.1) is 6.92 Å². The molecule has 3 aliphatic heterocycles. The average Bonchev–Trinajstić information content (AvgIpc) is 3.48. The Balaban J connectivity index is 1.29. The molecule has 2 fully saturated rings. The second kappa shape index (κ2) is 8.00. The highest BCUT2D eigenvalue weighted by molar-refractivity contribution is 5.90. The van der Waals surface area contributed by atoms with Crippen LogP contribution in [0.1, 0.15) is 37.1 Å². The van der Waals surface area contributed by atoms with Crippen molar-refractivity contribution in [3.8, 4) is 0 Å². The number of likely N-dealkylation sites (tertiary alicyclic amines) is 2. The minimum atomic E-state index is -0.624. The maximum atomic E-state index is 13.1. The molecule has 1 atom stereocenters. The van der Waals surface area contributed by atoms with Crippen LogP contribution in [0.25, 0.3) is 0 Å². The van der Waals surface area contributed by atoms with Gasteiger partial charge in [0.25, 0.3) is 5.91 Å². The van der Waals surface area contributed by atoms with Gasteiger partial charge in [0, 0.05) is 57.1 Å². The Morgan fingerprint density at radius 1 is 1.10 bits per heavy atom. The normalized spacial score (nSPS) is 22.4. The zero-order valence-corrected chi connectivity index (χ0v) is 17.9. The topological polar surface area (TPSA) is 79.7 Å². The van der Waals surface area contributed by atoms with E-state index < -0.39 is 11.7 Å². The molecule has 4 heterocycles. The molecule has 164 valence electrons. The summed E-state index contributed by atoms with van der Waals surface area (Å²) in [5, 5.41) is 3.01. The van der Waals surface area contributed by atoms with E-state index in [1.54, 1.807) is 6.20 Å². The number of urea groups is 1. The zero-order valence-electron chi connectivity index (χ0n) is 17.9. The molecule has 5 rings (SSSR count). The number of carbonyl (C=O) groups is 2. The van der Waals surface area contributed by atoms with Crippen LogP contribution >= 0.6 is 0 Å². The van der Waals surface area contributed by atoms with Crippen molar-refractivity contribution in [2.24, 2.45) is 0 Å². The van der Waals surface area contributed by atoms with Crippen LogP contribution in [0.3, 0.4) is 0 Å². The van der Waals surface area contributed by atoms with Crippen molar-refractivity contribution in [1.29, 1.82) is 0 Å². The van der Waals surface area contributed by atoms with E-state index in [-0.39, 0.29) is 11.9 Å². The summed E-state index contributed by atoms with van der Waals surface area (Å²) in [4.78, 5) is 34.2. The Bertz CT molecular complexity index is 973. The summed E-state index contributed by atoms with van der Waals surface area (Å²) in [5.74, 6) is 0.952. The van der Waals surface area contributed by atoms with Crippen molar-refractivity contribution in [3.63, 3.8) is 0 Å². The number of carbonyl (C=O) groups excluding carboxylic acids is 2. The molecule has 1 spiro atoms. The van der Waals surface area contributed by atoms with Gasteiger partial charge in [-0.05, 0) is 31.4 Å². The van der Waals surface area contributed by atoms with Gasteiger partial charge in [-0.2, -0.15) is 0 Å². The van der Waals surface area contributed by atoms with E-state index in [1.165, 1.54) is 0 Å². The van der Waals surface area contributed by atoms with Crippen LogP contribution in [0.2, 0.25) is 0 Å². The fraction of sp³-hybridized carbons (Fsp3) is 0.522. The number of amides is 3. The highest BCUT2D eigenvalue weighted by atomic mass is 16.5. The third-order valence-electron chi connectivity index (χ3n) is 6.79. The first kappa shape index (κ1) is 20.1. The first-order valence-electron chi connectivity index (χ1n) is 11.2. The number of para-hydroxylation sites is 1. The van der Waals surface area contributed by atoms with Gasteiger partial charge in [-0.15, -0.1) is 0 Å². The van der Waals surface area contributed by atoms with Crippen molar-refractivity contribution >= 4 is 17.6 Å².